The van der Waals surface area contributed by atoms with E-state index in [0.29, 0.717) is 36.0 Å². The Hall–Kier alpha value is -3.43. The number of amidine groups is 1. The predicted molar refractivity (Wildman–Crippen MR) is 122 cm³/mol. The Balaban J connectivity index is 1.44. The van der Waals surface area contributed by atoms with Crippen LogP contribution in [0.4, 0.5) is 10.1 Å². The van der Waals surface area contributed by atoms with Gasteiger partial charge in [-0.2, -0.15) is 4.31 Å². The number of hydrogen-bond acceptors (Lipinski definition) is 6. The lowest BCUT2D eigenvalue weighted by Gasteiger charge is -2.36. The molecule has 0 spiro atoms. The number of para-hydroxylation sites is 2. The molecule has 1 saturated heterocycles. The van der Waals surface area contributed by atoms with Crippen molar-refractivity contribution >= 4 is 21.5 Å². The summed E-state index contributed by atoms with van der Waals surface area (Å²) in [5.74, 6) is 2.18. The molecule has 0 aromatic heterocycles. The number of halogens is 1. The molecule has 0 N–H and O–H groups in total. The van der Waals surface area contributed by atoms with Gasteiger partial charge in [0.15, 0.2) is 5.75 Å². The monoisotopic (exact) mass is 467 g/mol. The van der Waals surface area contributed by atoms with E-state index in [1.807, 2.05) is 42.5 Å². The third-order valence-corrected chi connectivity index (χ3v) is 7.64. The molecule has 0 bridgehead atoms. The first-order valence-corrected chi connectivity index (χ1v) is 11.9. The second-order valence-electron chi connectivity index (χ2n) is 7.71. The number of ether oxygens (including phenoxy) is 2. The van der Waals surface area contributed by atoms with Crippen molar-refractivity contribution in [3.8, 4) is 17.2 Å². The van der Waals surface area contributed by atoms with Gasteiger partial charge in [-0.3, -0.25) is 0 Å². The Labute approximate surface area is 191 Å². The van der Waals surface area contributed by atoms with Crippen molar-refractivity contribution in [1.29, 1.82) is 0 Å². The van der Waals surface area contributed by atoms with E-state index in [9.17, 15) is 12.8 Å². The number of fused-ring (bicyclic) bond motifs is 2. The molecular weight excluding hydrogens is 445 g/mol. The smallest absolute Gasteiger partial charge is 0.243 e. The molecule has 2 aliphatic heterocycles. The first-order valence-electron chi connectivity index (χ1n) is 10.5. The van der Waals surface area contributed by atoms with Crippen LogP contribution in [0.1, 0.15) is 5.56 Å². The van der Waals surface area contributed by atoms with Crippen molar-refractivity contribution in [3.05, 3.63) is 78.1 Å². The fourth-order valence-electron chi connectivity index (χ4n) is 3.96. The Kier molecular flexibility index (Phi) is 5.51. The SMILES string of the molecule is COc1ccc2c(c1)Oc1ccccc1N=C2N1CCN(S(=O)(=O)c2ccc(F)cc2)CC1. The standard InChI is InChI=1S/C24H22FN3O4S/c1-31-18-8-11-20-23(16-18)32-22-5-3-2-4-21(22)26-24(20)27-12-14-28(15-13-27)33(29,30)19-9-6-17(25)7-10-19/h2-11,16H,12-15H2,1H3. The summed E-state index contributed by atoms with van der Waals surface area (Å²) in [7, 11) is -2.10. The van der Waals surface area contributed by atoms with Crippen LogP contribution in [0.15, 0.2) is 76.6 Å². The molecule has 33 heavy (non-hydrogen) atoms. The predicted octanol–water partition coefficient (Wildman–Crippen LogP) is 4.02. The maximum Gasteiger partial charge on any atom is 0.243 e. The molecule has 0 saturated carbocycles. The second-order valence-corrected chi connectivity index (χ2v) is 9.65. The number of aliphatic imine (C=N–C) groups is 1. The number of hydrogen-bond donors (Lipinski definition) is 0. The lowest BCUT2D eigenvalue weighted by Crippen LogP contribution is -2.50. The van der Waals surface area contributed by atoms with Gasteiger partial charge in [0.05, 0.1) is 17.6 Å². The Morgan fingerprint density at radius 1 is 0.939 bits per heavy atom. The number of sulfonamides is 1. The highest BCUT2D eigenvalue weighted by Gasteiger charge is 2.31. The summed E-state index contributed by atoms with van der Waals surface area (Å²) in [4.78, 5) is 7.03. The van der Waals surface area contributed by atoms with Crippen LogP contribution >= 0.6 is 0 Å². The Bertz CT molecular complexity index is 1320. The third kappa shape index (κ3) is 4.05. The summed E-state index contributed by atoms with van der Waals surface area (Å²) >= 11 is 0. The highest BCUT2D eigenvalue weighted by Crippen LogP contribution is 2.39. The lowest BCUT2D eigenvalue weighted by atomic mass is 10.1. The number of piperazine rings is 1. The number of rotatable bonds is 3. The van der Waals surface area contributed by atoms with Crippen LogP contribution in [-0.2, 0) is 10.0 Å². The molecule has 0 amide bonds. The van der Waals surface area contributed by atoms with Crippen molar-refractivity contribution in [2.24, 2.45) is 4.99 Å². The Morgan fingerprint density at radius 3 is 2.39 bits per heavy atom. The van der Waals surface area contributed by atoms with Crippen LogP contribution in [0, 0.1) is 5.82 Å². The minimum absolute atomic E-state index is 0.0870. The minimum Gasteiger partial charge on any atom is -0.497 e. The average molecular weight is 468 g/mol. The molecule has 9 heteroatoms. The van der Waals surface area contributed by atoms with Crippen LogP contribution in [0.25, 0.3) is 0 Å². The van der Waals surface area contributed by atoms with Gasteiger partial charge < -0.3 is 14.4 Å². The largest absolute Gasteiger partial charge is 0.497 e. The van der Waals surface area contributed by atoms with E-state index in [-0.39, 0.29) is 18.0 Å². The van der Waals surface area contributed by atoms with Crippen molar-refractivity contribution in [2.45, 2.75) is 4.90 Å². The van der Waals surface area contributed by atoms with E-state index in [1.54, 1.807) is 7.11 Å². The van der Waals surface area contributed by atoms with E-state index < -0.39 is 15.8 Å². The molecule has 0 atom stereocenters. The zero-order chi connectivity index (χ0) is 23.0. The zero-order valence-electron chi connectivity index (χ0n) is 17.9. The van der Waals surface area contributed by atoms with Crippen LogP contribution < -0.4 is 9.47 Å². The van der Waals surface area contributed by atoms with Crippen LogP contribution in [0.3, 0.4) is 0 Å². The van der Waals surface area contributed by atoms with Gasteiger partial charge >= 0.3 is 0 Å². The molecule has 3 aromatic carbocycles. The third-order valence-electron chi connectivity index (χ3n) is 5.73. The maximum absolute atomic E-state index is 13.2. The van der Waals surface area contributed by atoms with Crippen LogP contribution in [0.5, 0.6) is 17.2 Å². The van der Waals surface area contributed by atoms with E-state index in [1.165, 1.54) is 16.4 Å². The van der Waals surface area contributed by atoms with Gasteiger partial charge in [-0.25, -0.2) is 17.8 Å². The molecule has 0 aliphatic carbocycles. The summed E-state index contributed by atoms with van der Waals surface area (Å²) in [5, 5.41) is 0. The van der Waals surface area contributed by atoms with E-state index in [4.69, 9.17) is 14.5 Å². The van der Waals surface area contributed by atoms with Crippen LogP contribution in [-0.4, -0.2) is 56.7 Å². The van der Waals surface area contributed by atoms with E-state index in [0.717, 1.165) is 23.5 Å². The van der Waals surface area contributed by atoms with Gasteiger partial charge in [-0.05, 0) is 48.5 Å². The van der Waals surface area contributed by atoms with Crippen LogP contribution in [0.2, 0.25) is 0 Å². The normalized spacial score (nSPS) is 16.2. The first kappa shape index (κ1) is 21.4. The topological polar surface area (TPSA) is 71.4 Å². The molecule has 0 unspecified atom stereocenters. The van der Waals surface area contributed by atoms with Gasteiger partial charge in [0.2, 0.25) is 10.0 Å². The van der Waals surface area contributed by atoms with Crippen molar-refractivity contribution in [2.75, 3.05) is 33.3 Å². The van der Waals surface area contributed by atoms with Gasteiger partial charge in [0.1, 0.15) is 28.8 Å². The highest BCUT2D eigenvalue weighted by atomic mass is 32.2. The van der Waals surface area contributed by atoms with Gasteiger partial charge in [0, 0.05) is 32.2 Å². The summed E-state index contributed by atoms with van der Waals surface area (Å²) in [6.45, 7) is 1.47. The number of methoxy groups -OCH3 is 1. The molecule has 170 valence electrons. The van der Waals surface area contributed by atoms with Crippen molar-refractivity contribution in [1.82, 2.24) is 9.21 Å². The highest BCUT2D eigenvalue weighted by molar-refractivity contribution is 7.89. The molecule has 2 aliphatic rings. The molecule has 1 fully saturated rings. The zero-order valence-corrected chi connectivity index (χ0v) is 18.8. The van der Waals surface area contributed by atoms with E-state index >= 15 is 0 Å². The molecular formula is C24H22FN3O4S. The summed E-state index contributed by atoms with van der Waals surface area (Å²) in [6, 6.07) is 18.0. The lowest BCUT2D eigenvalue weighted by molar-refractivity contribution is 0.266. The van der Waals surface area contributed by atoms with Crippen molar-refractivity contribution in [3.63, 3.8) is 0 Å². The second kappa shape index (κ2) is 8.49. The van der Waals surface area contributed by atoms with Gasteiger partial charge in [0.25, 0.3) is 0 Å². The fourth-order valence-corrected chi connectivity index (χ4v) is 5.39. The molecule has 3 aromatic rings. The maximum atomic E-state index is 13.2. The molecule has 7 nitrogen and oxygen atoms in total. The van der Waals surface area contributed by atoms with Gasteiger partial charge in [-0.1, -0.05) is 12.1 Å². The molecule has 2 heterocycles. The number of benzene rings is 3. The molecule has 0 radical (unpaired) electrons. The Morgan fingerprint density at radius 2 is 1.67 bits per heavy atom. The van der Waals surface area contributed by atoms with Gasteiger partial charge in [-0.15, -0.1) is 0 Å². The van der Waals surface area contributed by atoms with E-state index in [2.05, 4.69) is 4.90 Å². The summed E-state index contributed by atoms with van der Waals surface area (Å²) < 4.78 is 52.2. The molecule has 5 rings (SSSR count). The number of nitrogens with zero attached hydrogens (tertiary/aromatic N) is 3. The quantitative estimate of drug-likeness (QED) is 0.582. The fraction of sp³-hybridized carbons (Fsp3) is 0.208. The van der Waals surface area contributed by atoms with Crippen molar-refractivity contribution < 1.29 is 22.3 Å². The first-order chi connectivity index (χ1) is 16.0. The summed E-state index contributed by atoms with van der Waals surface area (Å²) in [5.41, 5.74) is 1.51. The minimum atomic E-state index is -3.70. The summed E-state index contributed by atoms with van der Waals surface area (Å²) in [6.07, 6.45) is 0. The average Bonchev–Trinajstić information content (AvgIpc) is 3.00.